The lowest BCUT2D eigenvalue weighted by Crippen LogP contribution is -1.97. The molecule has 0 atom stereocenters. The fourth-order valence-corrected chi connectivity index (χ4v) is 0.403. The topological polar surface area (TPSA) is 61.0 Å². The molecular formula is C6H9N3O. The molecule has 4 heteroatoms. The smallest absolute Gasteiger partial charge is 0.142 e. The van der Waals surface area contributed by atoms with E-state index < -0.39 is 37.5 Å². The van der Waals surface area contributed by atoms with Gasteiger partial charge in [-0.3, -0.25) is 4.98 Å². The van der Waals surface area contributed by atoms with Crippen LogP contribution in [0, 0.1) is 0 Å². The molecular weight excluding hydrogens is 130 g/mol. The van der Waals surface area contributed by atoms with Crippen molar-refractivity contribution in [1.82, 2.24) is 9.97 Å². The Morgan fingerprint density at radius 1 is 2.00 bits per heavy atom. The van der Waals surface area contributed by atoms with Gasteiger partial charge in [0.05, 0.1) is 34.2 Å². The van der Waals surface area contributed by atoms with Crippen molar-refractivity contribution < 1.29 is 14.3 Å². The zero-order valence-corrected chi connectivity index (χ0v) is 4.88. The van der Waals surface area contributed by atoms with E-state index in [0.29, 0.717) is 0 Å². The number of ether oxygens (including phenoxy) is 1. The van der Waals surface area contributed by atoms with Gasteiger partial charge in [-0.2, -0.15) is 0 Å². The van der Waals surface area contributed by atoms with Crippen LogP contribution in [-0.4, -0.2) is 17.0 Å². The maximum absolute atomic E-state index is 7.38. The van der Waals surface area contributed by atoms with Gasteiger partial charge in [-0.05, 0) is 0 Å². The van der Waals surface area contributed by atoms with Gasteiger partial charge in [0.1, 0.15) is 5.82 Å². The molecule has 54 valence electrons. The van der Waals surface area contributed by atoms with Crippen molar-refractivity contribution in [3.05, 3.63) is 18.0 Å². The number of hydrogen-bond acceptors (Lipinski definition) is 4. The van der Waals surface area contributed by atoms with Crippen LogP contribution in [0.25, 0.3) is 0 Å². The van der Waals surface area contributed by atoms with Crippen molar-refractivity contribution in [3.63, 3.8) is 0 Å². The van der Waals surface area contributed by atoms with E-state index in [9.17, 15) is 0 Å². The molecule has 1 aromatic heterocycles. The van der Waals surface area contributed by atoms with Crippen molar-refractivity contribution in [1.29, 1.82) is 0 Å². The summed E-state index contributed by atoms with van der Waals surface area (Å²) in [5, 5.41) is 0. The second-order valence-electron chi connectivity index (χ2n) is 1.39. The average molecular weight is 146 g/mol. The Morgan fingerprint density at radius 2 is 2.90 bits per heavy atom. The lowest BCUT2D eigenvalue weighted by Gasteiger charge is -1.97. The van der Waals surface area contributed by atoms with E-state index in [4.69, 9.17) is 15.3 Å². The number of methoxy groups -OCH3 is 1. The molecule has 1 heterocycles. The first-order valence-corrected chi connectivity index (χ1v) is 2.34. The van der Waals surface area contributed by atoms with Crippen molar-refractivity contribution in [2.75, 3.05) is 12.8 Å². The number of aromatic nitrogens is 2. The molecule has 2 N–H and O–H groups in total. The summed E-state index contributed by atoms with van der Waals surface area (Å²) in [7, 11) is -2.99. The fraction of sp³-hybridized carbons (Fsp3) is 0.333. The first kappa shape index (κ1) is 2.17. The Balaban J connectivity index is 3.19. The predicted octanol–water partition coefficient (Wildman–Crippen LogP) is 0.205. The molecule has 0 saturated carbocycles. The van der Waals surface area contributed by atoms with Crippen LogP contribution in [0.2, 0.25) is 0 Å². The van der Waals surface area contributed by atoms with Crippen molar-refractivity contribution in [2.24, 2.45) is 0 Å². The van der Waals surface area contributed by atoms with E-state index in [1.165, 1.54) is 0 Å². The molecule has 0 saturated heterocycles. The highest BCUT2D eigenvalue weighted by atomic mass is 16.5. The van der Waals surface area contributed by atoms with Gasteiger partial charge in [-0.1, -0.05) is 0 Å². The molecule has 0 aliphatic rings. The Morgan fingerprint density at radius 3 is 3.70 bits per heavy atom. The van der Waals surface area contributed by atoms with Crippen LogP contribution < -0.4 is 5.73 Å². The molecule has 0 amide bonds. The predicted molar refractivity (Wildman–Crippen MR) is 37.2 cm³/mol. The quantitative estimate of drug-likeness (QED) is 0.647. The molecule has 1 aromatic rings. The maximum atomic E-state index is 7.38. The zero-order valence-electron chi connectivity index (χ0n) is 11.9. The van der Waals surface area contributed by atoms with Gasteiger partial charge < -0.3 is 10.5 Å². The Labute approximate surface area is 68.9 Å². The Hall–Kier alpha value is -1.16. The van der Waals surface area contributed by atoms with Gasteiger partial charge in [-0.25, -0.2) is 4.98 Å². The number of nitrogen functional groups attached to an aromatic ring is 1. The van der Waals surface area contributed by atoms with E-state index in [2.05, 4.69) is 14.7 Å². The third kappa shape index (κ3) is 1.66. The van der Waals surface area contributed by atoms with Gasteiger partial charge >= 0.3 is 0 Å². The average Bonchev–Trinajstić information content (AvgIpc) is 2.06. The molecule has 10 heavy (non-hydrogen) atoms. The van der Waals surface area contributed by atoms with E-state index >= 15 is 0 Å². The molecule has 4 nitrogen and oxygen atoms in total. The minimum atomic E-state index is -2.99. The second kappa shape index (κ2) is 3.12. The summed E-state index contributed by atoms with van der Waals surface area (Å²) in [4.78, 5) is 6.73. The lowest BCUT2D eigenvalue weighted by atomic mass is 10.5. The van der Waals surface area contributed by atoms with Crippen LogP contribution in [0.15, 0.2) is 12.3 Å². The van der Waals surface area contributed by atoms with Gasteiger partial charge in [0.15, 0.2) is 0 Å². The van der Waals surface area contributed by atoms with Gasteiger partial charge in [0, 0.05) is 7.04 Å². The summed E-state index contributed by atoms with van der Waals surface area (Å²) in [5.41, 5.74) is 4.56. The van der Waals surface area contributed by atoms with Crippen molar-refractivity contribution in [2.45, 2.75) is 6.56 Å². The number of rotatable bonds is 2. The van der Waals surface area contributed by atoms with Crippen molar-refractivity contribution in [3.8, 4) is 0 Å². The summed E-state index contributed by atoms with van der Waals surface area (Å²) in [6.07, 6.45) is -1.18. The van der Waals surface area contributed by atoms with Crippen LogP contribution in [0.1, 0.15) is 15.3 Å². The van der Waals surface area contributed by atoms with E-state index in [1.54, 1.807) is 0 Å². The molecule has 0 spiro atoms. The molecule has 0 aliphatic carbocycles. The third-order valence-corrected chi connectivity index (χ3v) is 0.712. The molecule has 0 bridgehead atoms. The minimum absolute atomic E-state index is 0.408. The highest BCUT2D eigenvalue weighted by Crippen LogP contribution is 1.97. The van der Waals surface area contributed by atoms with Gasteiger partial charge in [0.2, 0.25) is 0 Å². The van der Waals surface area contributed by atoms with E-state index in [-0.39, 0.29) is 0 Å². The number of hydrogen-bond donors (Lipinski definition) is 1. The van der Waals surface area contributed by atoms with E-state index in [0.717, 1.165) is 0 Å². The van der Waals surface area contributed by atoms with E-state index in [1.807, 2.05) is 0 Å². The SMILES string of the molecule is [2H]c1nc([2H])c(C([2H])([2H])OC([2H])([2H])[2H])nc1N. The fourth-order valence-electron chi connectivity index (χ4n) is 0.403. The monoisotopic (exact) mass is 146 g/mol. The largest absolute Gasteiger partial charge is 0.382 e. The molecule has 0 aromatic carbocycles. The summed E-state index contributed by atoms with van der Waals surface area (Å²) in [5.74, 6) is -0.408. The molecule has 0 aliphatic heterocycles. The Bertz CT molecular complexity index is 432. The van der Waals surface area contributed by atoms with Crippen LogP contribution in [0.3, 0.4) is 0 Å². The highest BCUT2D eigenvalue weighted by molar-refractivity contribution is 5.23. The first-order valence-electron chi connectivity index (χ1n) is 5.84. The standard InChI is InChI=1S/C6H9N3O/c1-10-4-5-2-8-3-6(7)9-5/h2-3H,4H2,1H3,(H2,7,9)/i1D3,2D,3D,4D2. The number of nitrogens with two attached hydrogens (primary N) is 1. The first-order chi connectivity index (χ1) is 7.53. The lowest BCUT2D eigenvalue weighted by molar-refractivity contribution is 0.181. The third-order valence-electron chi connectivity index (χ3n) is 0.712. The minimum Gasteiger partial charge on any atom is -0.382 e. The zero-order chi connectivity index (χ0) is 13.4. The highest BCUT2D eigenvalue weighted by Gasteiger charge is 1.92. The van der Waals surface area contributed by atoms with Gasteiger partial charge in [0.25, 0.3) is 0 Å². The normalized spacial score (nSPS) is 22.6. The van der Waals surface area contributed by atoms with Crippen LogP contribution in [0.4, 0.5) is 5.82 Å². The Kier molecular flexibility index (Phi) is 0.676. The summed E-state index contributed by atoms with van der Waals surface area (Å²) in [6, 6.07) is 0. The number of anilines is 1. The number of nitrogens with zero attached hydrogens (tertiary/aromatic N) is 2. The van der Waals surface area contributed by atoms with Crippen LogP contribution >= 0.6 is 0 Å². The molecule has 0 radical (unpaired) electrons. The van der Waals surface area contributed by atoms with Crippen LogP contribution in [0.5, 0.6) is 0 Å². The maximum Gasteiger partial charge on any atom is 0.142 e. The second-order valence-corrected chi connectivity index (χ2v) is 1.39. The summed E-state index contributed by atoms with van der Waals surface area (Å²) in [6.45, 7) is -2.84. The van der Waals surface area contributed by atoms with Crippen LogP contribution in [-0.2, 0) is 11.3 Å². The summed E-state index contributed by atoms with van der Waals surface area (Å²) >= 11 is 0. The molecule has 0 unspecified atom stereocenters. The molecule has 1 rings (SSSR count). The van der Waals surface area contributed by atoms with Crippen molar-refractivity contribution >= 4 is 5.82 Å². The van der Waals surface area contributed by atoms with Gasteiger partial charge in [-0.15, -0.1) is 0 Å². The molecule has 0 fully saturated rings. The summed E-state index contributed by atoms with van der Waals surface area (Å²) < 4.78 is 53.8.